The molecule has 3 aromatic rings. The van der Waals surface area contributed by atoms with Crippen LogP contribution in [0.15, 0.2) is 36.7 Å². The summed E-state index contributed by atoms with van der Waals surface area (Å²) in [6.45, 7) is 4.95. The van der Waals surface area contributed by atoms with Crippen molar-refractivity contribution in [2.45, 2.75) is 32.9 Å². The molecule has 2 N–H and O–H groups in total. The number of aryl methyl sites for hydroxylation is 2. The summed E-state index contributed by atoms with van der Waals surface area (Å²) in [5, 5.41) is 0. The van der Waals surface area contributed by atoms with Crippen LogP contribution in [0.1, 0.15) is 30.2 Å². The number of fused-ring (bicyclic) bond motifs is 1. The molecule has 0 aliphatic rings. The highest BCUT2D eigenvalue weighted by molar-refractivity contribution is 5.75. The molecule has 0 spiro atoms. The maximum atomic E-state index is 6.24. The van der Waals surface area contributed by atoms with Crippen molar-refractivity contribution >= 4 is 11.0 Å². The summed E-state index contributed by atoms with van der Waals surface area (Å²) < 4.78 is 2.20. The second-order valence-corrected chi connectivity index (χ2v) is 5.19. The monoisotopic (exact) mass is 281 g/mol. The first-order valence-electron chi connectivity index (χ1n) is 7.17. The number of nitrogens with zero attached hydrogens (tertiary/aromatic N) is 4. The molecule has 0 saturated carbocycles. The van der Waals surface area contributed by atoms with E-state index < -0.39 is 0 Å². The SMILES string of the molecule is CCn1c(CC(N)c2ncc(C)cn2)nc2ccccc21. The minimum absolute atomic E-state index is 0.243. The summed E-state index contributed by atoms with van der Waals surface area (Å²) >= 11 is 0. The molecule has 0 radical (unpaired) electrons. The first kappa shape index (κ1) is 13.7. The van der Waals surface area contributed by atoms with Gasteiger partial charge in [-0.05, 0) is 31.5 Å². The molecular formula is C16H19N5. The van der Waals surface area contributed by atoms with Crippen molar-refractivity contribution in [1.82, 2.24) is 19.5 Å². The lowest BCUT2D eigenvalue weighted by Gasteiger charge is -2.11. The van der Waals surface area contributed by atoms with Crippen molar-refractivity contribution in [2.24, 2.45) is 5.73 Å². The Bertz CT molecular complexity index is 745. The van der Waals surface area contributed by atoms with E-state index in [9.17, 15) is 0 Å². The van der Waals surface area contributed by atoms with Crippen molar-refractivity contribution in [3.05, 3.63) is 53.9 Å². The normalized spacial score (nSPS) is 12.7. The van der Waals surface area contributed by atoms with Crippen LogP contribution in [0.3, 0.4) is 0 Å². The van der Waals surface area contributed by atoms with Gasteiger partial charge in [-0.1, -0.05) is 12.1 Å². The van der Waals surface area contributed by atoms with E-state index in [1.54, 1.807) is 12.4 Å². The molecule has 0 aliphatic carbocycles. The molecule has 2 heterocycles. The average Bonchev–Trinajstić information content (AvgIpc) is 2.84. The Labute approximate surface area is 123 Å². The van der Waals surface area contributed by atoms with Crippen LogP contribution in [0.4, 0.5) is 0 Å². The zero-order valence-corrected chi connectivity index (χ0v) is 12.3. The molecule has 5 heteroatoms. The smallest absolute Gasteiger partial charge is 0.145 e. The van der Waals surface area contributed by atoms with Crippen LogP contribution in [0.2, 0.25) is 0 Å². The fraction of sp³-hybridized carbons (Fsp3) is 0.312. The van der Waals surface area contributed by atoms with Crippen molar-refractivity contribution in [1.29, 1.82) is 0 Å². The van der Waals surface area contributed by atoms with Gasteiger partial charge in [0.15, 0.2) is 0 Å². The Hall–Kier alpha value is -2.27. The highest BCUT2D eigenvalue weighted by Crippen LogP contribution is 2.19. The Morgan fingerprint density at radius 1 is 1.19 bits per heavy atom. The molecule has 0 bridgehead atoms. The van der Waals surface area contributed by atoms with Gasteiger partial charge in [0.25, 0.3) is 0 Å². The van der Waals surface area contributed by atoms with Crippen molar-refractivity contribution < 1.29 is 0 Å². The second kappa shape index (κ2) is 5.61. The molecule has 1 atom stereocenters. The van der Waals surface area contributed by atoms with Gasteiger partial charge < -0.3 is 10.3 Å². The fourth-order valence-corrected chi connectivity index (χ4v) is 2.52. The van der Waals surface area contributed by atoms with E-state index >= 15 is 0 Å². The summed E-state index contributed by atoms with van der Waals surface area (Å²) in [5.41, 5.74) is 9.43. The lowest BCUT2D eigenvalue weighted by Crippen LogP contribution is -2.19. The third kappa shape index (κ3) is 2.64. The topological polar surface area (TPSA) is 69.6 Å². The van der Waals surface area contributed by atoms with E-state index in [1.165, 1.54) is 0 Å². The molecule has 108 valence electrons. The summed E-state index contributed by atoms with van der Waals surface area (Å²) in [5.74, 6) is 1.64. The largest absolute Gasteiger partial charge is 0.328 e. The maximum Gasteiger partial charge on any atom is 0.145 e. The number of para-hydroxylation sites is 2. The first-order valence-corrected chi connectivity index (χ1v) is 7.17. The van der Waals surface area contributed by atoms with Gasteiger partial charge in [-0.2, -0.15) is 0 Å². The minimum atomic E-state index is -0.243. The van der Waals surface area contributed by atoms with Crippen LogP contribution in [0, 0.1) is 6.92 Å². The molecule has 2 aromatic heterocycles. The number of benzene rings is 1. The lowest BCUT2D eigenvalue weighted by molar-refractivity contribution is 0.609. The third-order valence-corrected chi connectivity index (χ3v) is 3.58. The molecule has 21 heavy (non-hydrogen) atoms. The number of aromatic nitrogens is 4. The summed E-state index contributed by atoms with van der Waals surface area (Å²) in [4.78, 5) is 13.3. The predicted octanol–water partition coefficient (Wildman–Crippen LogP) is 2.40. The molecule has 0 aliphatic heterocycles. The first-order chi connectivity index (χ1) is 10.2. The Morgan fingerprint density at radius 3 is 2.62 bits per heavy atom. The molecule has 5 nitrogen and oxygen atoms in total. The fourth-order valence-electron chi connectivity index (χ4n) is 2.52. The van der Waals surface area contributed by atoms with Gasteiger partial charge in [0.2, 0.25) is 0 Å². The molecule has 1 unspecified atom stereocenters. The molecule has 1 aromatic carbocycles. The van der Waals surface area contributed by atoms with Gasteiger partial charge in [-0.15, -0.1) is 0 Å². The van der Waals surface area contributed by atoms with Gasteiger partial charge >= 0.3 is 0 Å². The lowest BCUT2D eigenvalue weighted by atomic mass is 10.2. The van der Waals surface area contributed by atoms with Crippen LogP contribution in [-0.2, 0) is 13.0 Å². The zero-order valence-electron chi connectivity index (χ0n) is 12.3. The van der Waals surface area contributed by atoms with Crippen LogP contribution >= 0.6 is 0 Å². The molecule has 0 amide bonds. The van der Waals surface area contributed by atoms with Gasteiger partial charge in [0, 0.05) is 25.4 Å². The number of nitrogens with two attached hydrogens (primary N) is 1. The van der Waals surface area contributed by atoms with E-state index in [0.717, 1.165) is 29.0 Å². The zero-order chi connectivity index (χ0) is 14.8. The van der Waals surface area contributed by atoms with E-state index in [4.69, 9.17) is 10.7 Å². The van der Waals surface area contributed by atoms with Crippen LogP contribution in [0.5, 0.6) is 0 Å². The highest BCUT2D eigenvalue weighted by Gasteiger charge is 2.15. The highest BCUT2D eigenvalue weighted by atomic mass is 15.1. The summed E-state index contributed by atoms with van der Waals surface area (Å²) in [6.07, 6.45) is 4.22. The standard InChI is InChI=1S/C16H19N5/c1-3-21-14-7-5-4-6-13(14)20-15(21)8-12(17)16-18-9-11(2)10-19-16/h4-7,9-10,12H,3,8,17H2,1-2H3. The van der Waals surface area contributed by atoms with Gasteiger partial charge in [-0.25, -0.2) is 15.0 Å². The quantitative estimate of drug-likeness (QED) is 0.797. The molecule has 3 rings (SSSR count). The predicted molar refractivity (Wildman–Crippen MR) is 82.8 cm³/mol. The number of imidazole rings is 1. The van der Waals surface area contributed by atoms with Crippen LogP contribution in [0.25, 0.3) is 11.0 Å². The third-order valence-electron chi connectivity index (χ3n) is 3.58. The van der Waals surface area contributed by atoms with Crippen LogP contribution < -0.4 is 5.73 Å². The summed E-state index contributed by atoms with van der Waals surface area (Å²) in [6, 6.07) is 7.90. The average molecular weight is 281 g/mol. The van der Waals surface area contributed by atoms with Gasteiger partial charge in [0.05, 0.1) is 17.1 Å². The van der Waals surface area contributed by atoms with Crippen molar-refractivity contribution in [3.63, 3.8) is 0 Å². The van der Waals surface area contributed by atoms with E-state index in [-0.39, 0.29) is 6.04 Å². The second-order valence-electron chi connectivity index (χ2n) is 5.19. The Balaban J connectivity index is 1.92. The van der Waals surface area contributed by atoms with Gasteiger partial charge in [0.1, 0.15) is 11.6 Å². The molecule has 0 saturated heterocycles. The minimum Gasteiger partial charge on any atom is -0.328 e. The van der Waals surface area contributed by atoms with Gasteiger partial charge in [-0.3, -0.25) is 0 Å². The van der Waals surface area contributed by atoms with Crippen molar-refractivity contribution in [2.75, 3.05) is 0 Å². The molecule has 0 fully saturated rings. The van der Waals surface area contributed by atoms with Crippen molar-refractivity contribution in [3.8, 4) is 0 Å². The molecular weight excluding hydrogens is 262 g/mol. The maximum absolute atomic E-state index is 6.24. The number of rotatable bonds is 4. The summed E-state index contributed by atoms with van der Waals surface area (Å²) in [7, 11) is 0. The Morgan fingerprint density at radius 2 is 1.90 bits per heavy atom. The Kier molecular flexibility index (Phi) is 3.66. The van der Waals surface area contributed by atoms with E-state index in [1.807, 2.05) is 25.1 Å². The number of hydrogen-bond donors (Lipinski definition) is 1. The van der Waals surface area contributed by atoms with E-state index in [0.29, 0.717) is 12.2 Å². The van der Waals surface area contributed by atoms with E-state index in [2.05, 4.69) is 27.5 Å². The number of hydrogen-bond acceptors (Lipinski definition) is 4. The van der Waals surface area contributed by atoms with Crippen LogP contribution in [-0.4, -0.2) is 19.5 Å².